The number of nitrogens with zero attached hydrogens (tertiary/aromatic N) is 1. The Bertz CT molecular complexity index is 825. The number of alkyl carbamates (subject to hydrolysis) is 1. The van der Waals surface area contributed by atoms with Crippen LogP contribution in [0.15, 0.2) is 0 Å². The van der Waals surface area contributed by atoms with E-state index < -0.39 is 66.0 Å². The molecule has 0 aromatic rings. The minimum absolute atomic E-state index is 0.250. The zero-order valence-corrected chi connectivity index (χ0v) is 21.1. The average molecular weight is 500 g/mol. The van der Waals surface area contributed by atoms with Gasteiger partial charge >= 0.3 is 12.1 Å². The quantitative estimate of drug-likeness (QED) is 0.266. The number of hydrogen-bond donors (Lipinski definition) is 5. The van der Waals surface area contributed by atoms with Crippen LogP contribution in [-0.2, 0) is 28.7 Å². The summed E-state index contributed by atoms with van der Waals surface area (Å²) in [5, 5.41) is 18.8. The van der Waals surface area contributed by atoms with E-state index in [-0.39, 0.29) is 5.91 Å². The van der Waals surface area contributed by atoms with Crippen LogP contribution in [0.4, 0.5) is 4.79 Å². The van der Waals surface area contributed by atoms with E-state index in [1.54, 1.807) is 27.7 Å². The van der Waals surface area contributed by atoms with Gasteiger partial charge in [-0.3, -0.25) is 24.0 Å². The lowest BCUT2D eigenvalue weighted by molar-refractivity contribution is -0.141. The van der Waals surface area contributed by atoms with Crippen LogP contribution in [0.5, 0.6) is 0 Å². The highest BCUT2D eigenvalue weighted by molar-refractivity contribution is 5.96. The van der Waals surface area contributed by atoms with Gasteiger partial charge in [0.1, 0.15) is 29.8 Å². The van der Waals surface area contributed by atoms with Gasteiger partial charge in [-0.05, 0) is 54.4 Å². The Hall–Kier alpha value is -3.38. The standard InChI is InChI=1S/C22H37N5O8/c1-7-23-19(32)15-9-8-10-27(15)20(33)13(3)25-17(30)12(2)24-18(31)14(11-16(28)29)26-21(34)35-22(4,5)6/h12-15H,7-11H2,1-6H3,(H,23,32)(H,24,31)(H,25,30)(H,26,34)(H,28,29)/t12-,13-,14-,15-/m0/s1. The topological polar surface area (TPSA) is 183 Å². The average Bonchev–Trinajstić information content (AvgIpc) is 3.20. The van der Waals surface area contributed by atoms with E-state index in [0.717, 1.165) is 0 Å². The number of likely N-dealkylation sites (N-methyl/N-ethyl adjacent to an activating group) is 1. The van der Waals surface area contributed by atoms with E-state index in [1.165, 1.54) is 18.7 Å². The molecule has 13 nitrogen and oxygen atoms in total. The van der Waals surface area contributed by atoms with Gasteiger partial charge in [0.2, 0.25) is 23.6 Å². The van der Waals surface area contributed by atoms with E-state index in [1.807, 2.05) is 0 Å². The van der Waals surface area contributed by atoms with E-state index in [2.05, 4.69) is 21.3 Å². The van der Waals surface area contributed by atoms with Crippen molar-refractivity contribution in [1.82, 2.24) is 26.2 Å². The molecule has 198 valence electrons. The summed E-state index contributed by atoms with van der Waals surface area (Å²) in [7, 11) is 0. The first-order valence-electron chi connectivity index (χ1n) is 11.6. The molecule has 13 heteroatoms. The van der Waals surface area contributed by atoms with Crippen LogP contribution in [0, 0.1) is 0 Å². The molecular weight excluding hydrogens is 462 g/mol. The summed E-state index contributed by atoms with van der Waals surface area (Å²) in [5.41, 5.74) is -0.865. The van der Waals surface area contributed by atoms with Crippen molar-refractivity contribution in [3.05, 3.63) is 0 Å². The van der Waals surface area contributed by atoms with Gasteiger partial charge in [-0.1, -0.05) is 0 Å². The Morgan fingerprint density at radius 3 is 2.14 bits per heavy atom. The molecular formula is C22H37N5O8. The maximum Gasteiger partial charge on any atom is 0.408 e. The van der Waals surface area contributed by atoms with Crippen molar-refractivity contribution in [1.29, 1.82) is 0 Å². The van der Waals surface area contributed by atoms with Crippen LogP contribution in [0.1, 0.15) is 60.8 Å². The van der Waals surface area contributed by atoms with Gasteiger partial charge in [-0.2, -0.15) is 0 Å². The third kappa shape index (κ3) is 9.79. The maximum atomic E-state index is 12.8. The molecule has 0 aromatic heterocycles. The first-order valence-corrected chi connectivity index (χ1v) is 11.6. The van der Waals surface area contributed by atoms with E-state index in [4.69, 9.17) is 9.84 Å². The van der Waals surface area contributed by atoms with Gasteiger partial charge in [-0.15, -0.1) is 0 Å². The zero-order valence-electron chi connectivity index (χ0n) is 21.1. The summed E-state index contributed by atoms with van der Waals surface area (Å²) in [6.07, 6.45) is -0.524. The number of amides is 5. The molecule has 1 heterocycles. The van der Waals surface area contributed by atoms with Crippen LogP contribution >= 0.6 is 0 Å². The van der Waals surface area contributed by atoms with Gasteiger partial charge in [0.25, 0.3) is 0 Å². The lowest BCUT2D eigenvalue weighted by Crippen LogP contribution is -2.57. The SMILES string of the molecule is CCNC(=O)[C@@H]1CCCN1C(=O)[C@H](C)NC(=O)[C@H](C)NC(=O)[C@H](CC(=O)O)NC(=O)OC(C)(C)C. The lowest BCUT2D eigenvalue weighted by Gasteiger charge is -2.28. The molecule has 1 fully saturated rings. The number of ether oxygens (including phenoxy) is 1. The number of nitrogens with one attached hydrogen (secondary N) is 4. The molecule has 5 amide bonds. The molecule has 0 aliphatic carbocycles. The fourth-order valence-electron chi connectivity index (χ4n) is 3.46. The second-order valence-corrected chi connectivity index (χ2v) is 9.34. The highest BCUT2D eigenvalue weighted by Crippen LogP contribution is 2.18. The molecule has 0 spiro atoms. The largest absolute Gasteiger partial charge is 0.481 e. The molecule has 5 N–H and O–H groups in total. The third-order valence-corrected chi connectivity index (χ3v) is 5.06. The van der Waals surface area contributed by atoms with Gasteiger partial charge < -0.3 is 36.0 Å². The molecule has 1 aliphatic heterocycles. The van der Waals surface area contributed by atoms with Crippen molar-refractivity contribution in [2.45, 2.75) is 90.6 Å². The van der Waals surface area contributed by atoms with Crippen molar-refractivity contribution in [3.8, 4) is 0 Å². The minimum Gasteiger partial charge on any atom is -0.481 e. The normalized spacial score (nSPS) is 18.0. The van der Waals surface area contributed by atoms with Gasteiger partial charge in [0, 0.05) is 13.1 Å². The smallest absolute Gasteiger partial charge is 0.408 e. The molecule has 0 radical (unpaired) electrons. The Morgan fingerprint density at radius 1 is 1.00 bits per heavy atom. The van der Waals surface area contributed by atoms with E-state index in [0.29, 0.717) is 25.9 Å². The zero-order chi connectivity index (χ0) is 26.9. The molecule has 4 atom stereocenters. The summed E-state index contributed by atoms with van der Waals surface area (Å²) < 4.78 is 5.05. The molecule has 1 rings (SSSR count). The van der Waals surface area contributed by atoms with Crippen LogP contribution in [0.25, 0.3) is 0 Å². The van der Waals surface area contributed by atoms with Gasteiger partial charge in [0.05, 0.1) is 6.42 Å². The molecule has 0 saturated carbocycles. The maximum absolute atomic E-state index is 12.8. The van der Waals surface area contributed by atoms with Crippen molar-refractivity contribution >= 4 is 35.7 Å². The number of rotatable bonds is 10. The van der Waals surface area contributed by atoms with Gasteiger partial charge in [0.15, 0.2) is 0 Å². The van der Waals surface area contributed by atoms with Crippen molar-refractivity contribution < 1.29 is 38.6 Å². The van der Waals surface area contributed by atoms with Crippen LogP contribution in [0.2, 0.25) is 0 Å². The predicted octanol–water partition coefficient (Wildman–Crippen LogP) is -0.509. The molecule has 1 saturated heterocycles. The Balaban J connectivity index is 2.73. The van der Waals surface area contributed by atoms with E-state index >= 15 is 0 Å². The second kappa shape index (κ2) is 12.9. The third-order valence-electron chi connectivity index (χ3n) is 5.06. The number of likely N-dealkylation sites (tertiary alicyclic amines) is 1. The Morgan fingerprint density at radius 2 is 1.60 bits per heavy atom. The fraction of sp³-hybridized carbons (Fsp3) is 0.727. The number of carboxylic acids is 1. The van der Waals surface area contributed by atoms with Gasteiger partial charge in [-0.25, -0.2) is 4.79 Å². The summed E-state index contributed by atoms with van der Waals surface area (Å²) in [4.78, 5) is 74.7. The van der Waals surface area contributed by atoms with Crippen molar-refractivity contribution in [2.75, 3.05) is 13.1 Å². The number of aliphatic carboxylic acids is 1. The van der Waals surface area contributed by atoms with E-state index in [9.17, 15) is 28.8 Å². The monoisotopic (exact) mass is 499 g/mol. The first-order chi connectivity index (χ1) is 16.2. The number of hydrogen-bond acceptors (Lipinski definition) is 7. The summed E-state index contributed by atoms with van der Waals surface area (Å²) in [6, 6.07) is -4.20. The lowest BCUT2D eigenvalue weighted by atomic mass is 10.1. The van der Waals surface area contributed by atoms with Crippen LogP contribution in [0.3, 0.4) is 0 Å². The number of carbonyl (C=O) groups excluding carboxylic acids is 5. The van der Waals surface area contributed by atoms with Crippen molar-refractivity contribution in [2.24, 2.45) is 0 Å². The van der Waals surface area contributed by atoms with Crippen molar-refractivity contribution in [3.63, 3.8) is 0 Å². The molecule has 0 aromatic carbocycles. The first kappa shape index (κ1) is 29.7. The fourth-order valence-corrected chi connectivity index (χ4v) is 3.46. The molecule has 0 bridgehead atoms. The summed E-state index contributed by atoms with van der Waals surface area (Å²) >= 11 is 0. The predicted molar refractivity (Wildman–Crippen MR) is 124 cm³/mol. The number of carboxylic acid groups (broad SMARTS) is 1. The minimum atomic E-state index is -1.49. The molecule has 1 aliphatic rings. The Labute approximate surface area is 204 Å². The van der Waals surface area contributed by atoms with Crippen LogP contribution < -0.4 is 21.3 Å². The highest BCUT2D eigenvalue weighted by atomic mass is 16.6. The number of carbonyl (C=O) groups is 6. The van der Waals surface area contributed by atoms with Crippen LogP contribution in [-0.4, -0.2) is 88.6 Å². The highest BCUT2D eigenvalue weighted by Gasteiger charge is 2.36. The summed E-state index contributed by atoms with van der Waals surface area (Å²) in [5.74, 6) is -3.62. The Kier molecular flexibility index (Phi) is 10.9. The molecule has 35 heavy (non-hydrogen) atoms. The second-order valence-electron chi connectivity index (χ2n) is 9.34. The molecule has 0 unspecified atom stereocenters. The summed E-state index contributed by atoms with van der Waals surface area (Å²) in [6.45, 7) is 10.2.